The Labute approximate surface area is 117 Å². The average Bonchev–Trinajstić information content (AvgIpc) is 2.63. The molecule has 0 aliphatic carbocycles. The molecule has 1 aromatic carbocycles. The molecule has 1 aromatic rings. The van der Waals surface area contributed by atoms with Crippen LogP contribution in [0.25, 0.3) is 0 Å². The highest BCUT2D eigenvalue weighted by Gasteiger charge is 2.31. The van der Waals surface area contributed by atoms with Crippen LogP contribution in [-0.4, -0.2) is 33.0 Å². The number of nitrogen functional groups attached to an aromatic ring is 1. The summed E-state index contributed by atoms with van der Waals surface area (Å²) in [5, 5.41) is 0.805. The van der Waals surface area contributed by atoms with Crippen LogP contribution >= 0.6 is 23.2 Å². The summed E-state index contributed by atoms with van der Waals surface area (Å²) in [6.45, 7) is 0. The van der Waals surface area contributed by atoms with Gasteiger partial charge in [0.25, 0.3) is 0 Å². The van der Waals surface area contributed by atoms with Crippen LogP contribution in [0.1, 0.15) is 6.42 Å². The molecule has 1 heterocycles. The van der Waals surface area contributed by atoms with Crippen molar-refractivity contribution in [3.8, 4) is 0 Å². The lowest BCUT2D eigenvalue weighted by atomic mass is 10.2. The lowest BCUT2D eigenvalue weighted by Crippen LogP contribution is -2.33. The molecule has 0 radical (unpaired) electrons. The topological polar surface area (TPSA) is 63.4 Å². The van der Waals surface area contributed by atoms with E-state index in [1.54, 1.807) is 12.1 Å². The van der Waals surface area contributed by atoms with Crippen molar-refractivity contribution in [3.05, 3.63) is 22.2 Å². The number of rotatable bonds is 2. The Balaban J connectivity index is 2.30. The third-order valence-corrected chi connectivity index (χ3v) is 5.68. The van der Waals surface area contributed by atoms with E-state index in [9.17, 15) is 8.42 Å². The SMILES string of the molecule is CN(c1cc(Cl)c(Cl)cc1N)C1CCS(=O)(=O)C1. The van der Waals surface area contributed by atoms with Crippen molar-refractivity contribution in [2.24, 2.45) is 0 Å². The summed E-state index contributed by atoms with van der Waals surface area (Å²) in [6, 6.07) is 3.19. The third-order valence-electron chi connectivity index (χ3n) is 3.21. The van der Waals surface area contributed by atoms with Gasteiger partial charge in [0.1, 0.15) is 0 Å². The fourth-order valence-electron chi connectivity index (χ4n) is 2.13. The summed E-state index contributed by atoms with van der Waals surface area (Å²) >= 11 is 11.8. The van der Waals surface area contributed by atoms with Crippen LogP contribution in [0, 0.1) is 0 Å². The first-order chi connectivity index (χ1) is 8.30. The van der Waals surface area contributed by atoms with E-state index in [-0.39, 0.29) is 17.5 Å². The van der Waals surface area contributed by atoms with Gasteiger partial charge < -0.3 is 10.6 Å². The van der Waals surface area contributed by atoms with E-state index >= 15 is 0 Å². The molecule has 0 bridgehead atoms. The molecule has 18 heavy (non-hydrogen) atoms. The van der Waals surface area contributed by atoms with E-state index in [0.29, 0.717) is 27.8 Å². The zero-order chi connectivity index (χ0) is 13.5. The van der Waals surface area contributed by atoms with Crippen molar-refractivity contribution < 1.29 is 8.42 Å². The minimum atomic E-state index is -2.92. The summed E-state index contributed by atoms with van der Waals surface area (Å²) in [4.78, 5) is 1.86. The van der Waals surface area contributed by atoms with Crippen molar-refractivity contribution in [1.82, 2.24) is 0 Å². The quantitative estimate of drug-likeness (QED) is 0.851. The van der Waals surface area contributed by atoms with E-state index in [4.69, 9.17) is 28.9 Å². The second-order valence-electron chi connectivity index (χ2n) is 4.49. The molecular formula is C11H14Cl2N2O2S. The molecule has 1 aliphatic rings. The maximum atomic E-state index is 11.5. The molecule has 4 nitrogen and oxygen atoms in total. The molecule has 1 fully saturated rings. The van der Waals surface area contributed by atoms with Gasteiger partial charge in [-0.3, -0.25) is 0 Å². The van der Waals surface area contributed by atoms with Gasteiger partial charge in [-0.05, 0) is 18.6 Å². The number of halogens is 2. The van der Waals surface area contributed by atoms with Gasteiger partial charge in [-0.1, -0.05) is 23.2 Å². The smallest absolute Gasteiger partial charge is 0.152 e. The van der Waals surface area contributed by atoms with Crippen LogP contribution in [0.3, 0.4) is 0 Å². The fourth-order valence-corrected chi connectivity index (χ4v) is 4.24. The molecule has 0 spiro atoms. The van der Waals surface area contributed by atoms with Gasteiger partial charge in [-0.25, -0.2) is 8.42 Å². The Morgan fingerprint density at radius 2 is 1.94 bits per heavy atom. The zero-order valence-electron chi connectivity index (χ0n) is 9.86. The maximum absolute atomic E-state index is 11.5. The normalized spacial score (nSPS) is 22.1. The van der Waals surface area contributed by atoms with E-state index in [1.807, 2.05) is 11.9 Å². The molecule has 0 saturated carbocycles. The molecule has 1 unspecified atom stereocenters. The Kier molecular flexibility index (Phi) is 3.67. The molecule has 0 amide bonds. The zero-order valence-corrected chi connectivity index (χ0v) is 12.2. The minimum absolute atomic E-state index is 0.0606. The van der Waals surface area contributed by atoms with Crippen molar-refractivity contribution in [2.75, 3.05) is 29.2 Å². The van der Waals surface area contributed by atoms with Crippen LogP contribution in [0.5, 0.6) is 0 Å². The number of nitrogens with zero attached hydrogens (tertiary/aromatic N) is 1. The Morgan fingerprint density at radius 3 is 2.50 bits per heavy atom. The highest BCUT2D eigenvalue weighted by molar-refractivity contribution is 7.91. The predicted molar refractivity (Wildman–Crippen MR) is 76.3 cm³/mol. The van der Waals surface area contributed by atoms with Crippen molar-refractivity contribution in [3.63, 3.8) is 0 Å². The Morgan fingerprint density at radius 1 is 1.33 bits per heavy atom. The minimum Gasteiger partial charge on any atom is -0.397 e. The van der Waals surface area contributed by atoms with Gasteiger partial charge in [-0.2, -0.15) is 0 Å². The molecule has 100 valence electrons. The summed E-state index contributed by atoms with van der Waals surface area (Å²) in [7, 11) is -1.10. The first-order valence-electron chi connectivity index (χ1n) is 5.48. The van der Waals surface area contributed by atoms with Crippen LogP contribution in [-0.2, 0) is 9.84 Å². The number of nitrogens with two attached hydrogens (primary N) is 1. The van der Waals surface area contributed by atoms with E-state index in [1.165, 1.54) is 0 Å². The number of sulfone groups is 1. The second-order valence-corrected chi connectivity index (χ2v) is 7.54. The van der Waals surface area contributed by atoms with Gasteiger partial charge in [0.2, 0.25) is 0 Å². The lowest BCUT2D eigenvalue weighted by Gasteiger charge is -2.27. The van der Waals surface area contributed by atoms with Crippen LogP contribution < -0.4 is 10.6 Å². The number of anilines is 2. The monoisotopic (exact) mass is 308 g/mol. The second kappa shape index (κ2) is 4.79. The molecule has 7 heteroatoms. The van der Waals surface area contributed by atoms with Crippen molar-refractivity contribution >= 4 is 44.4 Å². The highest BCUT2D eigenvalue weighted by atomic mass is 35.5. The molecule has 1 aliphatic heterocycles. The number of hydrogen-bond acceptors (Lipinski definition) is 4. The van der Waals surface area contributed by atoms with Crippen LogP contribution in [0.15, 0.2) is 12.1 Å². The maximum Gasteiger partial charge on any atom is 0.152 e. The van der Waals surface area contributed by atoms with Crippen LogP contribution in [0.4, 0.5) is 11.4 Å². The number of hydrogen-bond donors (Lipinski definition) is 1. The average molecular weight is 309 g/mol. The van der Waals surface area contributed by atoms with Gasteiger partial charge in [-0.15, -0.1) is 0 Å². The molecule has 1 atom stereocenters. The standard InChI is InChI=1S/C11H14Cl2N2O2S/c1-15(7-2-3-18(16,17)6-7)11-5-9(13)8(12)4-10(11)14/h4-5,7H,2-3,6,14H2,1H3. The molecule has 0 aromatic heterocycles. The van der Waals surface area contributed by atoms with E-state index in [2.05, 4.69) is 0 Å². The van der Waals surface area contributed by atoms with Gasteiger partial charge in [0.05, 0.1) is 32.9 Å². The molecular weight excluding hydrogens is 295 g/mol. The Bertz CT molecular complexity index is 575. The predicted octanol–water partition coefficient (Wildman–Crippen LogP) is 2.20. The summed E-state index contributed by atoms with van der Waals surface area (Å²) < 4.78 is 23.0. The van der Waals surface area contributed by atoms with Crippen LogP contribution in [0.2, 0.25) is 10.0 Å². The summed E-state index contributed by atoms with van der Waals surface area (Å²) in [5.74, 6) is 0.381. The van der Waals surface area contributed by atoms with Crippen molar-refractivity contribution in [1.29, 1.82) is 0 Å². The van der Waals surface area contributed by atoms with Gasteiger partial charge in [0.15, 0.2) is 9.84 Å². The van der Waals surface area contributed by atoms with Gasteiger partial charge >= 0.3 is 0 Å². The largest absolute Gasteiger partial charge is 0.397 e. The highest BCUT2D eigenvalue weighted by Crippen LogP contribution is 2.34. The van der Waals surface area contributed by atoms with E-state index < -0.39 is 9.84 Å². The Hall–Kier alpha value is -0.650. The fraction of sp³-hybridized carbons (Fsp3) is 0.455. The molecule has 2 N–H and O–H groups in total. The van der Waals surface area contributed by atoms with Crippen molar-refractivity contribution in [2.45, 2.75) is 12.5 Å². The number of benzene rings is 1. The molecule has 1 saturated heterocycles. The first-order valence-corrected chi connectivity index (χ1v) is 8.05. The first kappa shape index (κ1) is 13.8. The summed E-state index contributed by atoms with van der Waals surface area (Å²) in [6.07, 6.45) is 0.610. The molecule has 2 rings (SSSR count). The van der Waals surface area contributed by atoms with Gasteiger partial charge in [0, 0.05) is 13.1 Å². The van der Waals surface area contributed by atoms with E-state index in [0.717, 1.165) is 0 Å². The lowest BCUT2D eigenvalue weighted by molar-refractivity contribution is 0.601. The summed E-state index contributed by atoms with van der Waals surface area (Å²) in [5.41, 5.74) is 7.10. The third kappa shape index (κ3) is 2.68.